The van der Waals surface area contributed by atoms with Crippen molar-refractivity contribution in [1.82, 2.24) is 9.80 Å². The van der Waals surface area contributed by atoms with Crippen LogP contribution in [-0.2, 0) is 22.3 Å². The Hall–Kier alpha value is -1.60. The van der Waals surface area contributed by atoms with E-state index in [1.165, 1.54) is 13.2 Å². The lowest BCUT2D eigenvalue weighted by Gasteiger charge is -2.21. The number of methoxy groups -OCH3 is 1. The average Bonchev–Trinajstić information content (AvgIpc) is 2.44. The molecule has 0 saturated carbocycles. The summed E-state index contributed by atoms with van der Waals surface area (Å²) in [5.74, 6) is -0.317. The lowest BCUT2D eigenvalue weighted by Crippen LogP contribution is -2.34. The molecule has 0 unspecified atom stereocenters. The fourth-order valence-electron chi connectivity index (χ4n) is 1.94. The van der Waals surface area contributed by atoms with E-state index in [4.69, 9.17) is 0 Å². The Morgan fingerprint density at radius 3 is 2.41 bits per heavy atom. The second-order valence-electron chi connectivity index (χ2n) is 5.25. The van der Waals surface area contributed by atoms with E-state index in [1.807, 2.05) is 11.9 Å². The Kier molecular flexibility index (Phi) is 6.83. The van der Waals surface area contributed by atoms with Gasteiger partial charge in [-0.3, -0.25) is 9.69 Å². The van der Waals surface area contributed by atoms with Crippen molar-refractivity contribution in [3.8, 4) is 0 Å². The van der Waals surface area contributed by atoms with Crippen molar-refractivity contribution in [3.05, 3.63) is 35.4 Å². The first-order valence-corrected chi connectivity index (χ1v) is 6.82. The number of benzene rings is 1. The van der Waals surface area contributed by atoms with Crippen LogP contribution in [0.2, 0.25) is 0 Å². The van der Waals surface area contributed by atoms with Gasteiger partial charge < -0.3 is 9.64 Å². The van der Waals surface area contributed by atoms with Crippen molar-refractivity contribution in [2.24, 2.45) is 0 Å². The van der Waals surface area contributed by atoms with Crippen LogP contribution in [0.5, 0.6) is 0 Å². The number of likely N-dealkylation sites (N-methyl/N-ethyl adjacent to an activating group) is 2. The first-order chi connectivity index (χ1) is 10.2. The second-order valence-corrected chi connectivity index (χ2v) is 5.25. The Labute approximate surface area is 128 Å². The number of rotatable bonds is 7. The molecule has 124 valence electrons. The highest BCUT2D eigenvalue weighted by atomic mass is 19.4. The minimum atomic E-state index is -4.32. The van der Waals surface area contributed by atoms with E-state index in [0.29, 0.717) is 25.2 Å². The molecule has 1 aromatic carbocycles. The van der Waals surface area contributed by atoms with Crippen molar-refractivity contribution in [2.75, 3.05) is 40.8 Å². The zero-order valence-electron chi connectivity index (χ0n) is 13.0. The fourth-order valence-corrected chi connectivity index (χ4v) is 1.94. The summed E-state index contributed by atoms with van der Waals surface area (Å²) in [5, 5.41) is 0. The quantitative estimate of drug-likeness (QED) is 0.722. The van der Waals surface area contributed by atoms with E-state index in [-0.39, 0.29) is 12.5 Å². The molecule has 1 rings (SSSR count). The van der Waals surface area contributed by atoms with Gasteiger partial charge in [-0.15, -0.1) is 0 Å². The summed E-state index contributed by atoms with van der Waals surface area (Å²) in [5.41, 5.74) is -0.0332. The number of ether oxygens (including phenoxy) is 1. The number of nitrogens with zero attached hydrogens (tertiary/aromatic N) is 2. The molecular weight excluding hydrogens is 297 g/mol. The van der Waals surface area contributed by atoms with Crippen molar-refractivity contribution in [3.63, 3.8) is 0 Å². The molecule has 0 bridgehead atoms. The number of esters is 1. The summed E-state index contributed by atoms with van der Waals surface area (Å²) in [6.45, 7) is 1.85. The lowest BCUT2D eigenvalue weighted by atomic mass is 10.1. The summed E-state index contributed by atoms with van der Waals surface area (Å²) in [6.07, 6.45) is -4.32. The summed E-state index contributed by atoms with van der Waals surface area (Å²) in [6, 6.07) is 5.31. The molecule has 0 aromatic heterocycles. The Balaban J connectivity index is 2.48. The van der Waals surface area contributed by atoms with Crippen LogP contribution in [0.3, 0.4) is 0 Å². The number of hydrogen-bond donors (Lipinski definition) is 0. The smallest absolute Gasteiger partial charge is 0.416 e. The van der Waals surface area contributed by atoms with Gasteiger partial charge in [0, 0.05) is 19.6 Å². The number of alkyl halides is 3. The summed E-state index contributed by atoms with van der Waals surface area (Å²) in [4.78, 5) is 14.8. The molecule has 4 nitrogen and oxygen atoms in total. The minimum Gasteiger partial charge on any atom is -0.468 e. The van der Waals surface area contributed by atoms with Crippen LogP contribution in [0.1, 0.15) is 11.1 Å². The number of carbonyl (C=O) groups excluding carboxylic acids is 1. The van der Waals surface area contributed by atoms with Gasteiger partial charge in [0.1, 0.15) is 0 Å². The highest BCUT2D eigenvalue weighted by Crippen LogP contribution is 2.29. The van der Waals surface area contributed by atoms with Crippen LogP contribution < -0.4 is 0 Å². The molecule has 0 heterocycles. The maximum Gasteiger partial charge on any atom is 0.416 e. The van der Waals surface area contributed by atoms with Crippen LogP contribution in [-0.4, -0.2) is 56.6 Å². The summed E-state index contributed by atoms with van der Waals surface area (Å²) in [7, 11) is 4.94. The Bertz CT molecular complexity index is 492. The highest BCUT2D eigenvalue weighted by Gasteiger charge is 2.30. The third kappa shape index (κ3) is 6.44. The SMILES string of the molecule is COC(=O)CN(C)CCN(C)Cc1cccc(C(F)(F)F)c1. The molecule has 0 radical (unpaired) electrons. The van der Waals surface area contributed by atoms with Gasteiger partial charge in [-0.2, -0.15) is 13.2 Å². The maximum atomic E-state index is 12.7. The standard InChI is InChI=1S/C15H21F3N2O2/c1-19(7-8-20(2)11-14(21)22-3)10-12-5-4-6-13(9-12)15(16,17)18/h4-6,9H,7-8,10-11H2,1-3H3. The van der Waals surface area contributed by atoms with Gasteiger partial charge in [0.05, 0.1) is 19.2 Å². The van der Waals surface area contributed by atoms with Crippen molar-refractivity contribution < 1.29 is 22.7 Å². The molecule has 22 heavy (non-hydrogen) atoms. The van der Waals surface area contributed by atoms with Crippen molar-refractivity contribution in [2.45, 2.75) is 12.7 Å². The highest BCUT2D eigenvalue weighted by molar-refractivity contribution is 5.71. The van der Waals surface area contributed by atoms with Gasteiger partial charge in [0.2, 0.25) is 0 Å². The number of carbonyl (C=O) groups is 1. The summed E-state index contributed by atoms with van der Waals surface area (Å²) < 4.78 is 42.5. The normalized spacial score (nSPS) is 12.0. The van der Waals surface area contributed by atoms with E-state index < -0.39 is 11.7 Å². The van der Waals surface area contributed by atoms with E-state index in [0.717, 1.165) is 12.1 Å². The van der Waals surface area contributed by atoms with Gasteiger partial charge >= 0.3 is 12.1 Å². The van der Waals surface area contributed by atoms with E-state index >= 15 is 0 Å². The number of halogens is 3. The van der Waals surface area contributed by atoms with Crippen LogP contribution in [0.15, 0.2) is 24.3 Å². The Morgan fingerprint density at radius 2 is 1.82 bits per heavy atom. The molecule has 0 saturated heterocycles. The molecule has 0 aliphatic carbocycles. The molecule has 0 atom stereocenters. The van der Waals surface area contributed by atoms with Crippen LogP contribution in [0.25, 0.3) is 0 Å². The van der Waals surface area contributed by atoms with Crippen LogP contribution >= 0.6 is 0 Å². The summed E-state index contributed by atoms with van der Waals surface area (Å²) >= 11 is 0. The molecule has 0 fully saturated rings. The first-order valence-electron chi connectivity index (χ1n) is 6.82. The molecule has 1 aromatic rings. The molecule has 7 heteroatoms. The Morgan fingerprint density at radius 1 is 1.18 bits per heavy atom. The average molecular weight is 318 g/mol. The largest absolute Gasteiger partial charge is 0.468 e. The maximum absolute atomic E-state index is 12.7. The minimum absolute atomic E-state index is 0.188. The van der Waals surface area contributed by atoms with Crippen molar-refractivity contribution >= 4 is 5.97 Å². The van der Waals surface area contributed by atoms with E-state index in [2.05, 4.69) is 4.74 Å². The molecule has 0 amide bonds. The van der Waals surface area contributed by atoms with Crippen LogP contribution in [0.4, 0.5) is 13.2 Å². The zero-order valence-corrected chi connectivity index (χ0v) is 13.0. The third-order valence-electron chi connectivity index (χ3n) is 3.20. The molecule has 0 N–H and O–H groups in total. The zero-order chi connectivity index (χ0) is 16.8. The first kappa shape index (κ1) is 18.4. The fraction of sp³-hybridized carbons (Fsp3) is 0.533. The molecule has 0 spiro atoms. The molecule has 0 aliphatic heterocycles. The number of hydrogen-bond acceptors (Lipinski definition) is 4. The van der Waals surface area contributed by atoms with Crippen LogP contribution in [0, 0.1) is 0 Å². The third-order valence-corrected chi connectivity index (χ3v) is 3.20. The lowest BCUT2D eigenvalue weighted by molar-refractivity contribution is -0.141. The predicted molar refractivity (Wildman–Crippen MR) is 77.3 cm³/mol. The van der Waals surface area contributed by atoms with Gasteiger partial charge in [-0.25, -0.2) is 0 Å². The van der Waals surface area contributed by atoms with Gasteiger partial charge in [0.25, 0.3) is 0 Å². The van der Waals surface area contributed by atoms with Crippen molar-refractivity contribution in [1.29, 1.82) is 0 Å². The molecule has 0 aliphatic rings. The van der Waals surface area contributed by atoms with Gasteiger partial charge in [-0.1, -0.05) is 18.2 Å². The van der Waals surface area contributed by atoms with Gasteiger partial charge in [-0.05, 0) is 25.7 Å². The predicted octanol–water partition coefficient (Wildman–Crippen LogP) is 2.24. The van der Waals surface area contributed by atoms with E-state index in [9.17, 15) is 18.0 Å². The second kappa shape index (κ2) is 8.14. The van der Waals surface area contributed by atoms with E-state index in [1.54, 1.807) is 18.0 Å². The van der Waals surface area contributed by atoms with Gasteiger partial charge in [0.15, 0.2) is 0 Å². The molecular formula is C15H21F3N2O2. The monoisotopic (exact) mass is 318 g/mol. The topological polar surface area (TPSA) is 32.8 Å².